The molecule has 1 amide bonds. The smallest absolute Gasteiger partial charge is 0.306 e. The molecule has 2 aromatic rings. The second-order valence-electron chi connectivity index (χ2n) is 6.18. The number of carbonyl (C=O) groups excluding carboxylic acids is 1. The standard InChI is InChI=1S/C18H16FN3O3S/c19-13-7-2-1-6-12(13)15-14(9-20)26-18(21-15)22-16(23)10-4-3-5-11(8-10)17(24)25/h1-2,6-7,10-11H,3-5,8H2,(H,24,25)(H,21,22,23)/t10-,11+/m1/s1. The van der Waals surface area contributed by atoms with Crippen LogP contribution in [0.1, 0.15) is 30.6 Å². The third kappa shape index (κ3) is 3.73. The van der Waals surface area contributed by atoms with Crippen LogP contribution in [-0.4, -0.2) is 22.0 Å². The van der Waals surface area contributed by atoms with E-state index in [1.807, 2.05) is 6.07 Å². The molecule has 0 aliphatic heterocycles. The number of hydrogen-bond acceptors (Lipinski definition) is 5. The lowest BCUT2D eigenvalue weighted by Crippen LogP contribution is -2.30. The first-order valence-corrected chi connectivity index (χ1v) is 9.00. The molecule has 1 aliphatic rings. The number of nitriles is 1. The molecule has 2 N–H and O–H groups in total. The predicted octanol–water partition coefficient (Wildman–Crippen LogP) is 3.65. The van der Waals surface area contributed by atoms with Crippen LogP contribution in [0.3, 0.4) is 0 Å². The van der Waals surface area contributed by atoms with Gasteiger partial charge in [-0.2, -0.15) is 5.26 Å². The Bertz CT molecular complexity index is 890. The molecule has 6 nitrogen and oxygen atoms in total. The molecule has 0 spiro atoms. The van der Waals surface area contributed by atoms with Gasteiger partial charge in [0, 0.05) is 11.5 Å². The van der Waals surface area contributed by atoms with Crippen molar-refractivity contribution >= 4 is 28.3 Å². The number of amides is 1. The van der Waals surface area contributed by atoms with Crippen molar-refractivity contribution < 1.29 is 19.1 Å². The molecule has 26 heavy (non-hydrogen) atoms. The van der Waals surface area contributed by atoms with E-state index < -0.39 is 23.6 Å². The third-order valence-corrected chi connectivity index (χ3v) is 5.36. The van der Waals surface area contributed by atoms with Crippen LogP contribution in [0.25, 0.3) is 11.3 Å². The molecule has 1 fully saturated rings. The second kappa shape index (κ2) is 7.62. The summed E-state index contributed by atoms with van der Waals surface area (Å²) in [5.41, 5.74) is 0.391. The number of anilines is 1. The number of benzene rings is 1. The highest BCUT2D eigenvalue weighted by atomic mass is 32.1. The first-order valence-electron chi connectivity index (χ1n) is 8.19. The minimum atomic E-state index is -0.884. The Morgan fingerprint density at radius 1 is 1.31 bits per heavy atom. The number of rotatable bonds is 4. The molecule has 1 saturated carbocycles. The number of halogens is 1. The van der Waals surface area contributed by atoms with Gasteiger partial charge in [0.25, 0.3) is 0 Å². The van der Waals surface area contributed by atoms with Crippen LogP contribution >= 0.6 is 11.3 Å². The van der Waals surface area contributed by atoms with Gasteiger partial charge in [-0.3, -0.25) is 9.59 Å². The van der Waals surface area contributed by atoms with Gasteiger partial charge in [-0.15, -0.1) is 0 Å². The Labute approximate surface area is 153 Å². The van der Waals surface area contributed by atoms with Gasteiger partial charge in [-0.05, 0) is 31.4 Å². The fourth-order valence-corrected chi connectivity index (χ4v) is 3.92. The molecule has 0 bridgehead atoms. The summed E-state index contributed by atoms with van der Waals surface area (Å²) in [7, 11) is 0. The normalized spacial score (nSPS) is 19.5. The van der Waals surface area contributed by atoms with Crippen molar-refractivity contribution in [2.45, 2.75) is 25.7 Å². The van der Waals surface area contributed by atoms with Gasteiger partial charge in [0.05, 0.1) is 5.92 Å². The van der Waals surface area contributed by atoms with Crippen LogP contribution in [0, 0.1) is 29.0 Å². The quantitative estimate of drug-likeness (QED) is 0.851. The van der Waals surface area contributed by atoms with Gasteiger partial charge >= 0.3 is 5.97 Å². The van der Waals surface area contributed by atoms with Crippen molar-refractivity contribution in [3.05, 3.63) is 35.0 Å². The summed E-state index contributed by atoms with van der Waals surface area (Å²) >= 11 is 0.975. The molecule has 8 heteroatoms. The van der Waals surface area contributed by atoms with Gasteiger partial charge in [-0.25, -0.2) is 9.37 Å². The maximum absolute atomic E-state index is 14.0. The average molecular weight is 373 g/mol. The maximum Gasteiger partial charge on any atom is 0.306 e. The summed E-state index contributed by atoms with van der Waals surface area (Å²) in [5, 5.41) is 21.3. The molecule has 0 radical (unpaired) electrons. The minimum Gasteiger partial charge on any atom is -0.481 e. The fourth-order valence-electron chi connectivity index (χ4n) is 3.14. The molecule has 1 aliphatic carbocycles. The van der Waals surface area contributed by atoms with Crippen molar-refractivity contribution in [3.63, 3.8) is 0 Å². The Morgan fingerprint density at radius 3 is 2.73 bits per heavy atom. The molecule has 1 heterocycles. The number of aliphatic carboxylic acids is 1. The maximum atomic E-state index is 14.0. The van der Waals surface area contributed by atoms with Crippen LogP contribution in [0.4, 0.5) is 9.52 Å². The number of nitrogens with zero attached hydrogens (tertiary/aromatic N) is 2. The molecule has 134 valence electrons. The summed E-state index contributed by atoms with van der Waals surface area (Å²) in [6, 6.07) is 7.97. The van der Waals surface area contributed by atoms with Crippen molar-refractivity contribution in [2.24, 2.45) is 11.8 Å². The topological polar surface area (TPSA) is 103 Å². The number of nitrogens with one attached hydrogen (secondary N) is 1. The van der Waals surface area contributed by atoms with Crippen molar-refractivity contribution in [1.29, 1.82) is 5.26 Å². The van der Waals surface area contributed by atoms with Crippen molar-refractivity contribution in [1.82, 2.24) is 4.98 Å². The van der Waals surface area contributed by atoms with Crippen LogP contribution in [0.15, 0.2) is 24.3 Å². The van der Waals surface area contributed by atoms with Gasteiger partial charge in [0.15, 0.2) is 5.13 Å². The largest absolute Gasteiger partial charge is 0.481 e. The summed E-state index contributed by atoms with van der Waals surface area (Å²) in [5.74, 6) is -2.61. The summed E-state index contributed by atoms with van der Waals surface area (Å²) < 4.78 is 14.0. The summed E-state index contributed by atoms with van der Waals surface area (Å²) in [6.07, 6.45) is 2.16. The summed E-state index contributed by atoms with van der Waals surface area (Å²) in [4.78, 5) is 28.0. The van der Waals surface area contributed by atoms with E-state index in [4.69, 9.17) is 5.11 Å². The Hall–Kier alpha value is -2.79. The van der Waals surface area contributed by atoms with Gasteiger partial charge < -0.3 is 10.4 Å². The van der Waals surface area contributed by atoms with Crippen molar-refractivity contribution in [3.8, 4) is 17.3 Å². The molecule has 1 aromatic heterocycles. The van der Waals surface area contributed by atoms with E-state index in [0.717, 1.165) is 11.3 Å². The molecular weight excluding hydrogens is 357 g/mol. The third-order valence-electron chi connectivity index (χ3n) is 4.48. The van der Waals surface area contributed by atoms with Gasteiger partial charge in [-0.1, -0.05) is 29.9 Å². The Balaban J connectivity index is 1.79. The van der Waals surface area contributed by atoms with E-state index in [2.05, 4.69) is 10.3 Å². The lowest BCUT2D eigenvalue weighted by Gasteiger charge is -2.25. The number of hydrogen-bond donors (Lipinski definition) is 2. The highest BCUT2D eigenvalue weighted by Gasteiger charge is 2.31. The first-order chi connectivity index (χ1) is 12.5. The van der Waals surface area contributed by atoms with Crippen LogP contribution in [0.5, 0.6) is 0 Å². The molecule has 0 saturated heterocycles. The molecular formula is C18H16FN3O3S. The Morgan fingerprint density at radius 2 is 2.04 bits per heavy atom. The minimum absolute atomic E-state index is 0.193. The molecule has 3 rings (SSSR count). The van der Waals surface area contributed by atoms with E-state index in [1.54, 1.807) is 12.1 Å². The lowest BCUT2D eigenvalue weighted by atomic mass is 9.81. The van der Waals surface area contributed by atoms with Gasteiger partial charge in [0.2, 0.25) is 5.91 Å². The molecule has 2 atom stereocenters. The zero-order valence-electron chi connectivity index (χ0n) is 13.7. The van der Waals surface area contributed by atoms with E-state index >= 15 is 0 Å². The first kappa shape index (κ1) is 18.0. The molecule has 0 unspecified atom stereocenters. The van der Waals surface area contributed by atoms with Crippen LogP contribution < -0.4 is 5.32 Å². The predicted molar refractivity (Wildman–Crippen MR) is 93.9 cm³/mol. The number of carbonyl (C=O) groups is 2. The SMILES string of the molecule is N#Cc1sc(NC(=O)[C@@H]2CCC[C@H](C(=O)O)C2)nc1-c1ccccc1F. The van der Waals surface area contributed by atoms with Crippen LogP contribution in [0.2, 0.25) is 0 Å². The average Bonchev–Trinajstić information content (AvgIpc) is 3.04. The summed E-state index contributed by atoms with van der Waals surface area (Å²) in [6.45, 7) is 0. The van der Waals surface area contributed by atoms with Crippen molar-refractivity contribution in [2.75, 3.05) is 5.32 Å². The second-order valence-corrected chi connectivity index (χ2v) is 7.18. The highest BCUT2D eigenvalue weighted by Crippen LogP contribution is 2.34. The fraction of sp³-hybridized carbons (Fsp3) is 0.333. The number of carboxylic acid groups (broad SMARTS) is 1. The Kier molecular flexibility index (Phi) is 5.28. The van der Waals surface area contributed by atoms with E-state index in [1.165, 1.54) is 12.1 Å². The number of carboxylic acids is 1. The zero-order valence-corrected chi connectivity index (χ0v) is 14.6. The van der Waals surface area contributed by atoms with E-state index in [-0.39, 0.29) is 33.6 Å². The van der Waals surface area contributed by atoms with Crippen LogP contribution in [-0.2, 0) is 9.59 Å². The monoisotopic (exact) mass is 373 g/mol. The molecule has 1 aromatic carbocycles. The van der Waals surface area contributed by atoms with Gasteiger partial charge in [0.1, 0.15) is 22.5 Å². The van der Waals surface area contributed by atoms with E-state index in [9.17, 15) is 19.2 Å². The zero-order chi connectivity index (χ0) is 18.7. The number of thiazole rings is 1. The number of aromatic nitrogens is 1. The lowest BCUT2D eigenvalue weighted by molar-refractivity contribution is -0.143. The highest BCUT2D eigenvalue weighted by molar-refractivity contribution is 7.16. The van der Waals surface area contributed by atoms with E-state index in [0.29, 0.717) is 19.3 Å².